The minimum Gasteiger partial charge on any atom is -0.351 e. The molecule has 1 aromatic heterocycles. The van der Waals surface area contributed by atoms with Gasteiger partial charge in [-0.1, -0.05) is 20.8 Å². The normalized spacial score (nSPS) is 11.5. The summed E-state index contributed by atoms with van der Waals surface area (Å²) in [6.45, 7) is 10.8. The van der Waals surface area contributed by atoms with Gasteiger partial charge in [-0.2, -0.15) is 11.8 Å². The SMILES string of the molecule is Cc1cc(C(=O)NCCSC(C)(C)C)c(=O)n(C)c1C. The minimum absolute atomic E-state index is 0.182. The van der Waals surface area contributed by atoms with Crippen LogP contribution in [0.4, 0.5) is 0 Å². The standard InChI is InChI=1S/C15H24N2O2S/c1-10-9-12(14(19)17(6)11(10)2)13(18)16-7-8-20-15(3,4)5/h9H,7-8H2,1-6H3,(H,16,18). The van der Waals surface area contributed by atoms with E-state index in [1.54, 1.807) is 24.9 Å². The summed E-state index contributed by atoms with van der Waals surface area (Å²) >= 11 is 1.79. The topological polar surface area (TPSA) is 51.1 Å². The first-order valence-electron chi connectivity index (χ1n) is 6.73. The van der Waals surface area contributed by atoms with E-state index in [0.29, 0.717) is 6.54 Å². The zero-order chi connectivity index (χ0) is 15.5. The number of hydrogen-bond donors (Lipinski definition) is 1. The van der Waals surface area contributed by atoms with Gasteiger partial charge in [-0.25, -0.2) is 0 Å². The van der Waals surface area contributed by atoms with Gasteiger partial charge in [0.1, 0.15) is 5.56 Å². The van der Waals surface area contributed by atoms with Gasteiger partial charge in [-0.05, 0) is 25.5 Å². The van der Waals surface area contributed by atoms with Crippen LogP contribution in [0.1, 0.15) is 42.4 Å². The van der Waals surface area contributed by atoms with E-state index in [9.17, 15) is 9.59 Å². The van der Waals surface area contributed by atoms with Crippen LogP contribution >= 0.6 is 11.8 Å². The van der Waals surface area contributed by atoms with Crippen LogP contribution in [-0.4, -0.2) is 27.5 Å². The van der Waals surface area contributed by atoms with E-state index < -0.39 is 0 Å². The van der Waals surface area contributed by atoms with Gasteiger partial charge in [0, 0.05) is 29.8 Å². The van der Waals surface area contributed by atoms with Crippen LogP contribution in [0.3, 0.4) is 0 Å². The number of nitrogens with one attached hydrogen (secondary N) is 1. The number of amides is 1. The Kier molecular flexibility index (Phi) is 5.45. The van der Waals surface area contributed by atoms with E-state index in [2.05, 4.69) is 26.1 Å². The van der Waals surface area contributed by atoms with E-state index in [1.807, 2.05) is 13.8 Å². The fourth-order valence-electron chi connectivity index (χ4n) is 1.76. The molecule has 4 nitrogen and oxygen atoms in total. The number of nitrogens with zero attached hydrogens (tertiary/aromatic N) is 1. The van der Waals surface area contributed by atoms with Crippen molar-refractivity contribution in [1.29, 1.82) is 0 Å². The third kappa shape index (κ3) is 4.40. The highest BCUT2D eigenvalue weighted by Crippen LogP contribution is 2.22. The predicted octanol–water partition coefficient (Wildman–Crippen LogP) is 2.26. The maximum atomic E-state index is 12.1. The van der Waals surface area contributed by atoms with Crippen molar-refractivity contribution >= 4 is 17.7 Å². The third-order valence-corrected chi connectivity index (χ3v) is 4.41. The van der Waals surface area contributed by atoms with Crippen molar-refractivity contribution in [2.75, 3.05) is 12.3 Å². The maximum absolute atomic E-state index is 12.1. The first-order valence-corrected chi connectivity index (χ1v) is 7.71. The number of rotatable bonds is 4. The lowest BCUT2D eigenvalue weighted by Gasteiger charge is -2.17. The number of aromatic nitrogens is 1. The van der Waals surface area contributed by atoms with Crippen LogP contribution in [-0.2, 0) is 7.05 Å². The molecule has 0 aromatic carbocycles. The van der Waals surface area contributed by atoms with Gasteiger partial charge in [0.05, 0.1) is 0 Å². The molecule has 0 aliphatic heterocycles. The molecule has 1 amide bonds. The second-order valence-corrected chi connectivity index (χ2v) is 7.83. The van der Waals surface area contributed by atoms with Crippen LogP contribution in [0.15, 0.2) is 10.9 Å². The first-order chi connectivity index (χ1) is 9.13. The summed E-state index contributed by atoms with van der Waals surface area (Å²) in [5.74, 6) is 0.545. The van der Waals surface area contributed by atoms with Crippen molar-refractivity contribution in [3.8, 4) is 0 Å². The molecule has 0 bridgehead atoms. The summed E-state index contributed by atoms with van der Waals surface area (Å²) in [7, 11) is 1.69. The lowest BCUT2D eigenvalue weighted by molar-refractivity contribution is 0.0954. The molecule has 1 N–H and O–H groups in total. The van der Waals surface area contributed by atoms with Crippen molar-refractivity contribution in [3.63, 3.8) is 0 Å². The Balaban J connectivity index is 2.72. The molecule has 112 valence electrons. The second-order valence-electron chi connectivity index (χ2n) is 5.91. The summed E-state index contributed by atoms with van der Waals surface area (Å²) in [6, 6.07) is 1.67. The quantitative estimate of drug-likeness (QED) is 0.867. The van der Waals surface area contributed by atoms with Gasteiger partial charge in [-0.15, -0.1) is 0 Å². The Bertz CT molecular complexity index is 556. The molecular weight excluding hydrogens is 272 g/mol. The molecule has 20 heavy (non-hydrogen) atoms. The van der Waals surface area contributed by atoms with Crippen molar-refractivity contribution in [2.45, 2.75) is 39.4 Å². The molecule has 1 rings (SSSR count). The molecule has 0 spiro atoms. The molecule has 0 aliphatic carbocycles. The van der Waals surface area contributed by atoms with Crippen molar-refractivity contribution < 1.29 is 4.79 Å². The summed E-state index contributed by atoms with van der Waals surface area (Å²) in [5, 5.41) is 2.81. The van der Waals surface area contributed by atoms with Gasteiger partial charge >= 0.3 is 0 Å². The third-order valence-electron chi connectivity index (χ3n) is 3.14. The van der Waals surface area contributed by atoms with Crippen molar-refractivity contribution in [1.82, 2.24) is 9.88 Å². The predicted molar refractivity (Wildman–Crippen MR) is 85.7 cm³/mol. The highest BCUT2D eigenvalue weighted by molar-refractivity contribution is 8.00. The number of hydrogen-bond acceptors (Lipinski definition) is 3. The summed E-state index contributed by atoms with van der Waals surface area (Å²) in [5.41, 5.74) is 1.81. The smallest absolute Gasteiger partial charge is 0.263 e. The van der Waals surface area contributed by atoms with E-state index in [-0.39, 0.29) is 21.8 Å². The van der Waals surface area contributed by atoms with Crippen LogP contribution in [0, 0.1) is 13.8 Å². The summed E-state index contributed by atoms with van der Waals surface area (Å²) in [6.07, 6.45) is 0. The Labute approximate surface area is 125 Å². The Morgan fingerprint density at radius 1 is 1.35 bits per heavy atom. The highest BCUT2D eigenvalue weighted by Gasteiger charge is 2.15. The van der Waals surface area contributed by atoms with Crippen LogP contribution in [0.2, 0.25) is 0 Å². The van der Waals surface area contributed by atoms with E-state index in [4.69, 9.17) is 0 Å². The van der Waals surface area contributed by atoms with E-state index in [0.717, 1.165) is 17.0 Å². The van der Waals surface area contributed by atoms with Crippen LogP contribution in [0.25, 0.3) is 0 Å². The van der Waals surface area contributed by atoms with Crippen LogP contribution in [0.5, 0.6) is 0 Å². The first kappa shape index (κ1) is 16.8. The number of carbonyl (C=O) groups is 1. The maximum Gasteiger partial charge on any atom is 0.263 e. The zero-order valence-electron chi connectivity index (χ0n) is 13.2. The molecule has 0 fully saturated rings. The largest absolute Gasteiger partial charge is 0.351 e. The average molecular weight is 296 g/mol. The average Bonchev–Trinajstić information content (AvgIpc) is 2.35. The lowest BCUT2D eigenvalue weighted by Crippen LogP contribution is -2.34. The summed E-state index contributed by atoms with van der Waals surface area (Å²) in [4.78, 5) is 24.1. The molecule has 0 radical (unpaired) electrons. The fourth-order valence-corrected chi connectivity index (χ4v) is 2.58. The zero-order valence-corrected chi connectivity index (χ0v) is 14.0. The molecule has 5 heteroatoms. The molecule has 0 atom stereocenters. The summed E-state index contributed by atoms with van der Waals surface area (Å²) < 4.78 is 1.70. The Hall–Kier alpha value is -1.23. The second kappa shape index (κ2) is 6.48. The van der Waals surface area contributed by atoms with Crippen molar-refractivity contribution in [3.05, 3.63) is 33.2 Å². The Morgan fingerprint density at radius 2 is 1.95 bits per heavy atom. The lowest BCUT2D eigenvalue weighted by atomic mass is 10.1. The van der Waals surface area contributed by atoms with Gasteiger partial charge in [0.25, 0.3) is 11.5 Å². The van der Waals surface area contributed by atoms with Gasteiger partial charge in [0.15, 0.2) is 0 Å². The van der Waals surface area contributed by atoms with E-state index >= 15 is 0 Å². The molecule has 0 aliphatic rings. The molecule has 0 saturated heterocycles. The minimum atomic E-state index is -0.289. The molecule has 0 saturated carbocycles. The monoisotopic (exact) mass is 296 g/mol. The van der Waals surface area contributed by atoms with Crippen LogP contribution < -0.4 is 10.9 Å². The molecular formula is C15H24N2O2S. The number of pyridine rings is 1. The Morgan fingerprint density at radius 3 is 2.50 bits per heavy atom. The molecule has 1 aromatic rings. The van der Waals surface area contributed by atoms with Gasteiger partial charge in [-0.3, -0.25) is 9.59 Å². The molecule has 0 unspecified atom stereocenters. The number of thioether (sulfide) groups is 1. The van der Waals surface area contributed by atoms with E-state index in [1.165, 1.54) is 4.57 Å². The van der Waals surface area contributed by atoms with Gasteiger partial charge in [0.2, 0.25) is 0 Å². The highest BCUT2D eigenvalue weighted by atomic mass is 32.2. The number of carbonyl (C=O) groups excluding carboxylic acids is 1. The van der Waals surface area contributed by atoms with Gasteiger partial charge < -0.3 is 9.88 Å². The fraction of sp³-hybridized carbons (Fsp3) is 0.600. The van der Waals surface area contributed by atoms with Crippen molar-refractivity contribution in [2.24, 2.45) is 7.05 Å². The molecule has 1 heterocycles. The number of aryl methyl sites for hydroxylation is 1.